The van der Waals surface area contributed by atoms with Gasteiger partial charge in [-0.25, -0.2) is 4.68 Å². The summed E-state index contributed by atoms with van der Waals surface area (Å²) in [5.74, 6) is 0.588. The number of para-hydroxylation sites is 2. The van der Waals surface area contributed by atoms with Gasteiger partial charge in [-0.2, -0.15) is 13.9 Å². The van der Waals surface area contributed by atoms with E-state index in [9.17, 15) is 8.78 Å². The fourth-order valence-electron chi connectivity index (χ4n) is 2.65. The van der Waals surface area contributed by atoms with E-state index in [4.69, 9.17) is 5.73 Å². The first-order chi connectivity index (χ1) is 9.66. The molecule has 3 rings (SSSR count). The van der Waals surface area contributed by atoms with Gasteiger partial charge in [-0.15, -0.1) is 0 Å². The summed E-state index contributed by atoms with van der Waals surface area (Å²) in [6.07, 6.45) is 3.87. The maximum absolute atomic E-state index is 12.5. The quantitative estimate of drug-likeness (QED) is 0.939. The molecule has 0 atom stereocenters. The van der Waals surface area contributed by atoms with Gasteiger partial charge in [0.1, 0.15) is 11.5 Å². The van der Waals surface area contributed by atoms with E-state index < -0.39 is 6.61 Å². The van der Waals surface area contributed by atoms with Gasteiger partial charge in [0.05, 0.1) is 0 Å². The Morgan fingerprint density at radius 1 is 1.20 bits per heavy atom. The van der Waals surface area contributed by atoms with Crippen molar-refractivity contribution in [3.05, 3.63) is 35.5 Å². The predicted octanol–water partition coefficient (Wildman–Crippen LogP) is 2.93. The number of rotatable bonds is 3. The van der Waals surface area contributed by atoms with E-state index in [0.717, 1.165) is 36.9 Å². The number of halogens is 2. The van der Waals surface area contributed by atoms with Crippen LogP contribution in [0.4, 0.5) is 14.6 Å². The van der Waals surface area contributed by atoms with Crippen molar-refractivity contribution in [3.63, 3.8) is 0 Å². The van der Waals surface area contributed by atoms with Crippen molar-refractivity contribution in [1.29, 1.82) is 0 Å². The summed E-state index contributed by atoms with van der Waals surface area (Å²) in [7, 11) is 0. The van der Waals surface area contributed by atoms with E-state index in [-0.39, 0.29) is 5.75 Å². The molecule has 0 saturated carbocycles. The molecule has 0 bridgehead atoms. The Balaban J connectivity index is 2.09. The van der Waals surface area contributed by atoms with Crippen LogP contribution in [0.5, 0.6) is 5.75 Å². The van der Waals surface area contributed by atoms with Crippen molar-refractivity contribution in [2.45, 2.75) is 32.3 Å². The van der Waals surface area contributed by atoms with Crippen LogP contribution in [0.1, 0.15) is 24.1 Å². The van der Waals surface area contributed by atoms with Gasteiger partial charge < -0.3 is 10.5 Å². The van der Waals surface area contributed by atoms with Crippen LogP contribution in [0.15, 0.2) is 24.3 Å². The molecule has 1 aliphatic carbocycles. The number of benzene rings is 1. The van der Waals surface area contributed by atoms with Crippen molar-refractivity contribution in [1.82, 2.24) is 9.78 Å². The lowest BCUT2D eigenvalue weighted by Crippen LogP contribution is -2.10. The number of ether oxygens (including phenoxy) is 1. The zero-order chi connectivity index (χ0) is 14.1. The van der Waals surface area contributed by atoms with Gasteiger partial charge in [0, 0.05) is 11.3 Å². The summed E-state index contributed by atoms with van der Waals surface area (Å²) >= 11 is 0. The first-order valence-electron chi connectivity index (χ1n) is 6.57. The highest BCUT2D eigenvalue weighted by molar-refractivity contribution is 5.52. The molecular weight excluding hydrogens is 264 g/mol. The summed E-state index contributed by atoms with van der Waals surface area (Å²) in [5, 5.41) is 4.30. The molecule has 1 aliphatic rings. The summed E-state index contributed by atoms with van der Waals surface area (Å²) in [5.41, 5.74) is 8.46. The first-order valence-corrected chi connectivity index (χ1v) is 6.57. The summed E-state index contributed by atoms with van der Waals surface area (Å²) in [6.45, 7) is -2.86. The van der Waals surface area contributed by atoms with Gasteiger partial charge in [0.2, 0.25) is 0 Å². The third-order valence-electron chi connectivity index (χ3n) is 3.52. The molecule has 2 N–H and O–H groups in total. The number of fused-ring (bicyclic) bond motifs is 1. The maximum Gasteiger partial charge on any atom is 0.387 e. The second-order valence-electron chi connectivity index (χ2n) is 4.78. The average Bonchev–Trinajstić information content (AvgIpc) is 2.77. The van der Waals surface area contributed by atoms with Crippen molar-refractivity contribution < 1.29 is 13.5 Å². The van der Waals surface area contributed by atoms with Gasteiger partial charge >= 0.3 is 6.61 Å². The first kappa shape index (κ1) is 12.9. The number of hydrogen-bond donors (Lipinski definition) is 1. The average molecular weight is 279 g/mol. The lowest BCUT2D eigenvalue weighted by atomic mass is 9.97. The van der Waals surface area contributed by atoms with Crippen LogP contribution >= 0.6 is 0 Å². The standard InChI is InChI=1S/C14H15F2N3O/c15-14(16)20-12-8-4-3-7-11(12)19-10-6-2-1-5-9(10)13(17)18-19/h3-4,7-8,14H,1-2,5-6H2,(H2,17,18). The highest BCUT2D eigenvalue weighted by Crippen LogP contribution is 2.31. The summed E-state index contributed by atoms with van der Waals surface area (Å²) < 4.78 is 31.2. The van der Waals surface area contributed by atoms with E-state index in [1.165, 1.54) is 6.07 Å². The summed E-state index contributed by atoms with van der Waals surface area (Å²) in [6, 6.07) is 6.63. The Kier molecular flexibility index (Phi) is 3.30. The Morgan fingerprint density at radius 3 is 2.75 bits per heavy atom. The number of nitrogen functional groups attached to an aromatic ring is 1. The molecule has 6 heteroatoms. The van der Waals surface area contributed by atoms with Crippen LogP contribution in [0.25, 0.3) is 5.69 Å². The molecule has 0 amide bonds. The number of nitrogens with zero attached hydrogens (tertiary/aromatic N) is 2. The Labute approximate surface area is 115 Å². The number of alkyl halides is 2. The topological polar surface area (TPSA) is 53.1 Å². The van der Waals surface area contributed by atoms with Gasteiger partial charge in [-0.1, -0.05) is 12.1 Å². The number of anilines is 1. The van der Waals surface area contributed by atoms with E-state index in [2.05, 4.69) is 9.84 Å². The fourth-order valence-corrected chi connectivity index (χ4v) is 2.65. The van der Waals surface area contributed by atoms with Crippen LogP contribution in [0, 0.1) is 0 Å². The summed E-state index contributed by atoms with van der Waals surface area (Å²) in [4.78, 5) is 0. The molecule has 4 nitrogen and oxygen atoms in total. The van der Waals surface area contributed by atoms with Crippen molar-refractivity contribution in [2.75, 3.05) is 5.73 Å². The Morgan fingerprint density at radius 2 is 1.95 bits per heavy atom. The number of nitrogens with two attached hydrogens (primary N) is 1. The van der Waals surface area contributed by atoms with Gasteiger partial charge in [0.15, 0.2) is 5.75 Å². The van der Waals surface area contributed by atoms with E-state index in [0.29, 0.717) is 11.5 Å². The molecule has 2 aromatic rings. The van der Waals surface area contributed by atoms with Crippen LogP contribution in [-0.2, 0) is 12.8 Å². The van der Waals surface area contributed by atoms with Gasteiger partial charge in [-0.05, 0) is 37.8 Å². The van der Waals surface area contributed by atoms with E-state index in [1.807, 2.05) is 0 Å². The van der Waals surface area contributed by atoms with Crippen LogP contribution < -0.4 is 10.5 Å². The molecule has 0 fully saturated rings. The normalized spacial score (nSPS) is 14.3. The monoisotopic (exact) mass is 279 g/mol. The molecule has 1 aromatic carbocycles. The second-order valence-corrected chi connectivity index (χ2v) is 4.78. The minimum absolute atomic E-state index is 0.110. The molecule has 1 aromatic heterocycles. The largest absolute Gasteiger partial charge is 0.433 e. The zero-order valence-electron chi connectivity index (χ0n) is 10.9. The van der Waals surface area contributed by atoms with Crippen molar-refractivity contribution in [2.24, 2.45) is 0 Å². The molecule has 20 heavy (non-hydrogen) atoms. The number of aromatic nitrogens is 2. The van der Waals surface area contributed by atoms with Crippen LogP contribution in [0.2, 0.25) is 0 Å². The van der Waals surface area contributed by atoms with Crippen molar-refractivity contribution >= 4 is 5.82 Å². The highest BCUT2D eigenvalue weighted by Gasteiger charge is 2.22. The third-order valence-corrected chi connectivity index (χ3v) is 3.52. The Hall–Kier alpha value is -2.11. The number of hydrogen-bond acceptors (Lipinski definition) is 3. The predicted molar refractivity (Wildman–Crippen MR) is 71.3 cm³/mol. The van der Waals surface area contributed by atoms with E-state index in [1.54, 1.807) is 22.9 Å². The Bertz CT molecular complexity index is 625. The van der Waals surface area contributed by atoms with Crippen molar-refractivity contribution in [3.8, 4) is 11.4 Å². The highest BCUT2D eigenvalue weighted by atomic mass is 19.3. The molecule has 1 heterocycles. The minimum Gasteiger partial charge on any atom is -0.433 e. The molecular formula is C14H15F2N3O. The molecule has 0 radical (unpaired) electrons. The lowest BCUT2D eigenvalue weighted by Gasteiger charge is -2.16. The molecule has 0 unspecified atom stereocenters. The molecule has 0 spiro atoms. The maximum atomic E-state index is 12.5. The third kappa shape index (κ3) is 2.21. The smallest absolute Gasteiger partial charge is 0.387 e. The van der Waals surface area contributed by atoms with Crippen LogP contribution in [0.3, 0.4) is 0 Å². The second kappa shape index (κ2) is 5.11. The molecule has 0 saturated heterocycles. The minimum atomic E-state index is -2.86. The van der Waals surface area contributed by atoms with Gasteiger partial charge in [0.25, 0.3) is 0 Å². The molecule has 106 valence electrons. The zero-order valence-corrected chi connectivity index (χ0v) is 10.9. The molecule has 0 aliphatic heterocycles. The van der Waals surface area contributed by atoms with Gasteiger partial charge in [-0.3, -0.25) is 0 Å². The van der Waals surface area contributed by atoms with E-state index >= 15 is 0 Å². The van der Waals surface area contributed by atoms with Crippen LogP contribution in [-0.4, -0.2) is 16.4 Å². The lowest BCUT2D eigenvalue weighted by molar-refractivity contribution is -0.0499. The SMILES string of the molecule is Nc1nn(-c2ccccc2OC(F)F)c2c1CCCC2. The fraction of sp³-hybridized carbons (Fsp3) is 0.357.